The number of rotatable bonds is 4. The molecular weight excluding hydrogens is 241 g/mol. The molecule has 1 aliphatic carbocycles. The highest BCUT2D eigenvalue weighted by atomic mass is 19.4. The maximum absolute atomic E-state index is 12.3. The van der Waals surface area contributed by atoms with Gasteiger partial charge in [0.2, 0.25) is 0 Å². The smallest absolute Gasteiger partial charge is 0.317 e. The maximum Gasteiger partial charge on any atom is 0.401 e. The van der Waals surface area contributed by atoms with Crippen LogP contribution in [-0.4, -0.2) is 44.3 Å². The molecule has 0 aromatic heterocycles. The van der Waals surface area contributed by atoms with E-state index < -0.39 is 12.7 Å². The molecule has 1 aliphatic rings. The lowest BCUT2D eigenvalue weighted by Gasteiger charge is -2.41. The summed E-state index contributed by atoms with van der Waals surface area (Å²) in [5.74, 6) is 1.43. The molecule has 0 aliphatic heterocycles. The van der Waals surface area contributed by atoms with E-state index in [2.05, 4.69) is 19.2 Å². The summed E-state index contributed by atoms with van der Waals surface area (Å²) in [6.45, 7) is 4.07. The largest absolute Gasteiger partial charge is 0.401 e. The second-order valence-electron chi connectivity index (χ2n) is 5.92. The summed E-state index contributed by atoms with van der Waals surface area (Å²) in [6.07, 6.45) is -1.93. The fourth-order valence-corrected chi connectivity index (χ4v) is 3.28. The molecule has 0 spiro atoms. The van der Waals surface area contributed by atoms with E-state index in [9.17, 15) is 13.2 Å². The lowest BCUT2D eigenvalue weighted by molar-refractivity contribution is -0.145. The summed E-state index contributed by atoms with van der Waals surface area (Å²) in [7, 11) is 3.47. The number of halogens is 3. The fourth-order valence-electron chi connectivity index (χ4n) is 3.28. The minimum Gasteiger partial charge on any atom is -0.317 e. The predicted molar refractivity (Wildman–Crippen MR) is 67.5 cm³/mol. The molecule has 18 heavy (non-hydrogen) atoms. The molecule has 2 nitrogen and oxygen atoms in total. The zero-order valence-electron chi connectivity index (χ0n) is 11.7. The van der Waals surface area contributed by atoms with Gasteiger partial charge in [0.15, 0.2) is 0 Å². The molecule has 1 rings (SSSR count). The number of hydrogen-bond acceptors (Lipinski definition) is 2. The van der Waals surface area contributed by atoms with E-state index in [0.29, 0.717) is 30.3 Å². The summed E-state index contributed by atoms with van der Waals surface area (Å²) in [6, 6.07) is 0.333. The first-order chi connectivity index (χ1) is 8.23. The van der Waals surface area contributed by atoms with Crippen molar-refractivity contribution in [3.05, 3.63) is 0 Å². The van der Waals surface area contributed by atoms with Gasteiger partial charge in [-0.2, -0.15) is 13.2 Å². The summed E-state index contributed by atoms with van der Waals surface area (Å²) >= 11 is 0. The van der Waals surface area contributed by atoms with Crippen LogP contribution in [0.25, 0.3) is 0 Å². The van der Waals surface area contributed by atoms with E-state index in [4.69, 9.17) is 0 Å². The van der Waals surface area contributed by atoms with Crippen LogP contribution in [0.15, 0.2) is 0 Å². The van der Waals surface area contributed by atoms with Crippen LogP contribution in [0.5, 0.6) is 0 Å². The Bertz CT molecular complexity index is 255. The minimum atomic E-state index is -4.10. The number of alkyl halides is 3. The highest BCUT2D eigenvalue weighted by Gasteiger charge is 2.36. The molecular formula is C13H25F3N2. The van der Waals surface area contributed by atoms with Gasteiger partial charge in [-0.15, -0.1) is 0 Å². The average Bonchev–Trinajstić information content (AvgIpc) is 2.18. The molecule has 4 unspecified atom stereocenters. The second kappa shape index (κ2) is 6.24. The van der Waals surface area contributed by atoms with Crippen molar-refractivity contribution in [3.8, 4) is 0 Å². The lowest BCUT2D eigenvalue weighted by Crippen LogP contribution is -2.48. The highest BCUT2D eigenvalue weighted by molar-refractivity contribution is 4.88. The predicted octanol–water partition coefficient (Wildman–Crippen LogP) is 2.75. The summed E-state index contributed by atoms with van der Waals surface area (Å²) in [4.78, 5) is 1.40. The van der Waals surface area contributed by atoms with Crippen LogP contribution in [0, 0.1) is 17.8 Å². The van der Waals surface area contributed by atoms with Crippen molar-refractivity contribution < 1.29 is 13.2 Å². The molecule has 5 heteroatoms. The molecule has 1 fully saturated rings. The third-order valence-corrected chi connectivity index (χ3v) is 4.02. The molecule has 4 atom stereocenters. The monoisotopic (exact) mass is 266 g/mol. The SMILES string of the molecule is CNC1CC(C)CC(C)C1CN(C)CC(F)(F)F. The Labute approximate surface area is 108 Å². The van der Waals surface area contributed by atoms with Crippen molar-refractivity contribution in [3.63, 3.8) is 0 Å². The third-order valence-electron chi connectivity index (χ3n) is 4.02. The molecule has 0 heterocycles. The van der Waals surface area contributed by atoms with Crippen LogP contribution < -0.4 is 5.32 Å². The molecule has 1 N–H and O–H groups in total. The maximum atomic E-state index is 12.3. The van der Waals surface area contributed by atoms with Gasteiger partial charge in [0.05, 0.1) is 6.54 Å². The van der Waals surface area contributed by atoms with E-state index in [1.54, 1.807) is 7.05 Å². The standard InChI is InChI=1S/C13H25F3N2/c1-9-5-10(2)11(12(6-9)17-3)7-18(4)8-13(14,15)16/h9-12,17H,5-8H2,1-4H3. The zero-order chi connectivity index (χ0) is 13.9. The van der Waals surface area contributed by atoms with Gasteiger partial charge in [0.25, 0.3) is 0 Å². The number of nitrogens with one attached hydrogen (secondary N) is 1. The lowest BCUT2D eigenvalue weighted by atomic mass is 9.72. The van der Waals surface area contributed by atoms with Crippen molar-refractivity contribution in [2.75, 3.05) is 27.2 Å². The summed E-state index contributed by atoms with van der Waals surface area (Å²) < 4.78 is 37.0. The van der Waals surface area contributed by atoms with E-state index in [1.165, 1.54) is 4.90 Å². The van der Waals surface area contributed by atoms with Gasteiger partial charge in [0, 0.05) is 12.6 Å². The van der Waals surface area contributed by atoms with E-state index in [1.807, 2.05) is 7.05 Å². The van der Waals surface area contributed by atoms with Crippen LogP contribution in [0.1, 0.15) is 26.7 Å². The Hall–Kier alpha value is -0.290. The molecule has 0 saturated heterocycles. The Morgan fingerprint density at radius 1 is 1.22 bits per heavy atom. The Morgan fingerprint density at radius 2 is 1.83 bits per heavy atom. The first-order valence-corrected chi connectivity index (χ1v) is 6.65. The fraction of sp³-hybridized carbons (Fsp3) is 1.00. The van der Waals surface area contributed by atoms with Gasteiger partial charge >= 0.3 is 6.18 Å². The first-order valence-electron chi connectivity index (χ1n) is 6.65. The number of nitrogens with zero attached hydrogens (tertiary/aromatic N) is 1. The zero-order valence-corrected chi connectivity index (χ0v) is 11.7. The van der Waals surface area contributed by atoms with E-state index >= 15 is 0 Å². The van der Waals surface area contributed by atoms with Crippen molar-refractivity contribution in [1.82, 2.24) is 10.2 Å². The first kappa shape index (κ1) is 15.8. The van der Waals surface area contributed by atoms with Gasteiger partial charge in [-0.25, -0.2) is 0 Å². The third kappa shape index (κ3) is 4.76. The van der Waals surface area contributed by atoms with Crippen molar-refractivity contribution >= 4 is 0 Å². The average molecular weight is 266 g/mol. The molecule has 0 bridgehead atoms. The Kier molecular flexibility index (Phi) is 5.46. The van der Waals surface area contributed by atoms with Gasteiger partial charge < -0.3 is 5.32 Å². The van der Waals surface area contributed by atoms with Gasteiger partial charge in [0.1, 0.15) is 0 Å². The van der Waals surface area contributed by atoms with Crippen LogP contribution in [-0.2, 0) is 0 Å². The van der Waals surface area contributed by atoms with Crippen LogP contribution in [0.3, 0.4) is 0 Å². The quantitative estimate of drug-likeness (QED) is 0.841. The van der Waals surface area contributed by atoms with Crippen LogP contribution >= 0.6 is 0 Å². The molecule has 0 amide bonds. The highest BCUT2D eigenvalue weighted by Crippen LogP contribution is 2.34. The van der Waals surface area contributed by atoms with Gasteiger partial charge in [-0.3, -0.25) is 4.90 Å². The van der Waals surface area contributed by atoms with E-state index in [-0.39, 0.29) is 0 Å². The normalized spacial score (nSPS) is 34.0. The molecule has 1 saturated carbocycles. The summed E-state index contributed by atoms with van der Waals surface area (Å²) in [5.41, 5.74) is 0. The van der Waals surface area contributed by atoms with Gasteiger partial charge in [-0.1, -0.05) is 13.8 Å². The van der Waals surface area contributed by atoms with Crippen molar-refractivity contribution in [2.45, 2.75) is 38.9 Å². The van der Waals surface area contributed by atoms with Crippen LogP contribution in [0.4, 0.5) is 13.2 Å². The van der Waals surface area contributed by atoms with Gasteiger partial charge in [-0.05, 0) is 44.7 Å². The molecule has 0 radical (unpaired) electrons. The topological polar surface area (TPSA) is 15.3 Å². The van der Waals surface area contributed by atoms with Crippen molar-refractivity contribution in [1.29, 1.82) is 0 Å². The molecule has 108 valence electrons. The Morgan fingerprint density at radius 3 is 2.33 bits per heavy atom. The van der Waals surface area contributed by atoms with Crippen molar-refractivity contribution in [2.24, 2.45) is 17.8 Å². The molecule has 0 aromatic rings. The number of hydrogen-bond donors (Lipinski definition) is 1. The second-order valence-corrected chi connectivity index (χ2v) is 5.92. The van der Waals surface area contributed by atoms with E-state index in [0.717, 1.165) is 12.8 Å². The minimum absolute atomic E-state index is 0.304. The van der Waals surface area contributed by atoms with Crippen LogP contribution in [0.2, 0.25) is 0 Å². The Balaban J connectivity index is 2.57. The summed E-state index contributed by atoms with van der Waals surface area (Å²) in [5, 5.41) is 3.28. The molecule has 0 aromatic carbocycles.